The quantitative estimate of drug-likeness (QED) is 0.403. The highest BCUT2D eigenvalue weighted by molar-refractivity contribution is 6.60. The van der Waals surface area contributed by atoms with E-state index in [-0.39, 0.29) is 12.0 Å². The van der Waals surface area contributed by atoms with Crippen LogP contribution in [-0.4, -0.2) is 76.8 Å². The SMILES string of the molecule is CC1(C(=O)O)C=CC=C(C(=O)O)C1.CO[Si](CCCCN1CCCC1)(OC)OC. The van der Waals surface area contributed by atoms with Gasteiger partial charge in [-0.15, -0.1) is 0 Å². The molecule has 1 fully saturated rings. The third-order valence-corrected chi connectivity index (χ3v) is 8.25. The highest BCUT2D eigenvalue weighted by Crippen LogP contribution is 2.31. The maximum atomic E-state index is 10.8. The molecule has 0 spiro atoms. The first-order valence-electron chi connectivity index (χ1n) is 9.95. The Bertz CT molecular complexity index is 589. The highest BCUT2D eigenvalue weighted by Gasteiger charge is 2.37. The zero-order chi connectivity index (χ0) is 21.9. The monoisotopic (exact) mass is 429 g/mol. The molecule has 9 heteroatoms. The van der Waals surface area contributed by atoms with Crippen LogP contribution in [0.25, 0.3) is 0 Å². The summed E-state index contributed by atoms with van der Waals surface area (Å²) in [5.74, 6) is -2.06. The van der Waals surface area contributed by atoms with Gasteiger partial charge in [0, 0.05) is 32.9 Å². The van der Waals surface area contributed by atoms with Gasteiger partial charge in [-0.25, -0.2) is 4.79 Å². The summed E-state index contributed by atoms with van der Waals surface area (Å²) in [7, 11) is 2.73. The molecule has 29 heavy (non-hydrogen) atoms. The van der Waals surface area contributed by atoms with Gasteiger partial charge in [0.15, 0.2) is 0 Å². The van der Waals surface area contributed by atoms with Crippen LogP contribution >= 0.6 is 0 Å². The fraction of sp³-hybridized carbons (Fsp3) is 0.700. The van der Waals surface area contributed by atoms with E-state index >= 15 is 0 Å². The van der Waals surface area contributed by atoms with Crippen LogP contribution in [0.5, 0.6) is 0 Å². The predicted octanol–water partition coefficient (Wildman–Crippen LogP) is 2.79. The number of hydrogen-bond donors (Lipinski definition) is 2. The number of hydrogen-bond acceptors (Lipinski definition) is 6. The average molecular weight is 430 g/mol. The van der Waals surface area contributed by atoms with Crippen LogP contribution < -0.4 is 0 Å². The van der Waals surface area contributed by atoms with Crippen molar-refractivity contribution < 1.29 is 33.1 Å². The van der Waals surface area contributed by atoms with E-state index in [4.69, 9.17) is 23.5 Å². The number of aliphatic carboxylic acids is 2. The fourth-order valence-electron chi connectivity index (χ4n) is 3.42. The van der Waals surface area contributed by atoms with Gasteiger partial charge in [0.05, 0.1) is 5.41 Å². The molecule has 166 valence electrons. The minimum Gasteiger partial charge on any atom is -0.481 e. The van der Waals surface area contributed by atoms with Gasteiger partial charge in [-0.3, -0.25) is 4.79 Å². The fourth-order valence-corrected chi connectivity index (χ4v) is 5.22. The van der Waals surface area contributed by atoms with Crippen LogP contribution in [0.4, 0.5) is 0 Å². The summed E-state index contributed by atoms with van der Waals surface area (Å²) in [6, 6.07) is 0.921. The molecule has 0 amide bonds. The molecular formula is C20H35NO7Si. The van der Waals surface area contributed by atoms with Gasteiger partial charge < -0.3 is 28.4 Å². The second-order valence-electron chi connectivity index (χ2n) is 7.56. The van der Waals surface area contributed by atoms with E-state index in [1.54, 1.807) is 21.3 Å². The molecule has 0 bridgehead atoms. The number of unbranched alkanes of at least 4 members (excludes halogenated alkanes) is 1. The second-order valence-corrected chi connectivity index (χ2v) is 10.6. The summed E-state index contributed by atoms with van der Waals surface area (Å²) < 4.78 is 16.2. The normalized spacial score (nSPS) is 22.0. The molecule has 0 radical (unpaired) electrons. The molecule has 0 aromatic carbocycles. The van der Waals surface area contributed by atoms with Crippen LogP contribution in [0.1, 0.15) is 39.0 Å². The van der Waals surface area contributed by atoms with Crippen molar-refractivity contribution in [1.29, 1.82) is 0 Å². The number of likely N-dealkylation sites (tertiary alicyclic amines) is 1. The lowest BCUT2D eigenvalue weighted by molar-refractivity contribution is -0.145. The molecule has 1 saturated heterocycles. The lowest BCUT2D eigenvalue weighted by Gasteiger charge is -2.24. The van der Waals surface area contributed by atoms with Crippen molar-refractivity contribution in [2.75, 3.05) is 41.0 Å². The van der Waals surface area contributed by atoms with E-state index in [2.05, 4.69) is 4.90 Å². The smallest absolute Gasteiger partial charge is 0.481 e. The van der Waals surface area contributed by atoms with E-state index in [0.717, 1.165) is 12.5 Å². The van der Waals surface area contributed by atoms with Crippen molar-refractivity contribution in [1.82, 2.24) is 4.90 Å². The van der Waals surface area contributed by atoms with E-state index in [1.807, 2.05) is 0 Å². The molecule has 1 atom stereocenters. The van der Waals surface area contributed by atoms with Gasteiger partial charge >= 0.3 is 20.7 Å². The zero-order valence-corrected chi connectivity index (χ0v) is 19.0. The molecular weight excluding hydrogens is 394 g/mol. The first kappa shape index (κ1) is 25.5. The van der Waals surface area contributed by atoms with Crippen LogP contribution in [-0.2, 0) is 22.9 Å². The molecule has 1 unspecified atom stereocenters. The van der Waals surface area contributed by atoms with Crippen molar-refractivity contribution in [3.8, 4) is 0 Å². The Kier molecular flexibility index (Phi) is 10.8. The Morgan fingerprint density at radius 3 is 2.17 bits per heavy atom. The standard InChI is InChI=1S/C11H25NO3Si.C9H10O4/c1-13-16(14-2,15-3)11-7-6-10-12-8-4-5-9-12;1-9(8(12)13)4-2-3-6(5-9)7(10)11/h4-11H2,1-3H3;2-4H,5H2,1H3,(H,10,11)(H,12,13). The lowest BCUT2D eigenvalue weighted by Crippen LogP contribution is -2.42. The van der Waals surface area contributed by atoms with Crippen molar-refractivity contribution >= 4 is 20.7 Å². The Balaban J connectivity index is 0.000000296. The van der Waals surface area contributed by atoms with Gasteiger partial charge in [0.25, 0.3) is 0 Å². The topological polar surface area (TPSA) is 106 Å². The van der Waals surface area contributed by atoms with Crippen molar-refractivity contribution in [3.05, 3.63) is 23.8 Å². The third kappa shape index (κ3) is 8.02. The molecule has 1 heterocycles. The molecule has 8 nitrogen and oxygen atoms in total. The number of carboxylic acids is 2. The molecule has 2 aliphatic rings. The summed E-state index contributed by atoms with van der Waals surface area (Å²) in [5, 5.41) is 17.5. The predicted molar refractivity (Wildman–Crippen MR) is 112 cm³/mol. The summed E-state index contributed by atoms with van der Waals surface area (Å²) >= 11 is 0. The van der Waals surface area contributed by atoms with Gasteiger partial charge in [0.1, 0.15) is 0 Å². The zero-order valence-electron chi connectivity index (χ0n) is 18.0. The van der Waals surface area contributed by atoms with Crippen LogP contribution in [0.15, 0.2) is 23.8 Å². The Morgan fingerprint density at radius 2 is 1.69 bits per heavy atom. The maximum Gasteiger partial charge on any atom is 0.500 e. The van der Waals surface area contributed by atoms with E-state index in [1.165, 1.54) is 64.0 Å². The number of rotatable bonds is 10. The van der Waals surface area contributed by atoms with Crippen molar-refractivity contribution in [3.63, 3.8) is 0 Å². The van der Waals surface area contributed by atoms with Gasteiger partial charge in [-0.2, -0.15) is 0 Å². The van der Waals surface area contributed by atoms with Crippen LogP contribution in [0.2, 0.25) is 6.04 Å². The molecule has 1 aliphatic carbocycles. The van der Waals surface area contributed by atoms with Gasteiger partial charge in [-0.1, -0.05) is 18.2 Å². The van der Waals surface area contributed by atoms with E-state index in [0.29, 0.717) is 0 Å². The number of carbonyl (C=O) groups is 2. The maximum absolute atomic E-state index is 10.8. The molecule has 1 aliphatic heterocycles. The number of carboxylic acid groups (broad SMARTS) is 2. The first-order valence-corrected chi connectivity index (χ1v) is 11.9. The molecule has 0 aromatic rings. The first-order chi connectivity index (χ1) is 13.7. The summed E-state index contributed by atoms with van der Waals surface area (Å²) in [5.41, 5.74) is -0.949. The molecule has 0 aromatic heterocycles. The summed E-state index contributed by atoms with van der Waals surface area (Å²) in [4.78, 5) is 23.9. The summed E-state index contributed by atoms with van der Waals surface area (Å²) in [6.45, 7) is 5.27. The van der Waals surface area contributed by atoms with E-state index < -0.39 is 26.2 Å². The van der Waals surface area contributed by atoms with E-state index in [9.17, 15) is 9.59 Å². The number of allylic oxidation sites excluding steroid dienone is 2. The summed E-state index contributed by atoms with van der Waals surface area (Å²) in [6.07, 6.45) is 9.51. The average Bonchev–Trinajstić information content (AvgIpc) is 3.23. The minimum atomic E-state index is -2.31. The molecule has 0 saturated carbocycles. The minimum absolute atomic E-state index is 0.0359. The third-order valence-electron chi connectivity index (χ3n) is 5.42. The van der Waals surface area contributed by atoms with Gasteiger partial charge in [-0.05, 0) is 58.7 Å². The Hall–Kier alpha value is -1.52. The highest BCUT2D eigenvalue weighted by atomic mass is 28.4. The van der Waals surface area contributed by atoms with Crippen molar-refractivity contribution in [2.24, 2.45) is 5.41 Å². The van der Waals surface area contributed by atoms with Crippen LogP contribution in [0.3, 0.4) is 0 Å². The molecule has 2 N–H and O–H groups in total. The Labute approximate surface area is 174 Å². The van der Waals surface area contributed by atoms with Crippen molar-refractivity contribution in [2.45, 2.75) is 45.1 Å². The largest absolute Gasteiger partial charge is 0.500 e. The van der Waals surface area contributed by atoms with Crippen LogP contribution in [0, 0.1) is 5.41 Å². The van der Waals surface area contributed by atoms with Gasteiger partial charge in [0.2, 0.25) is 0 Å². The second kappa shape index (κ2) is 12.2. The number of nitrogens with zero attached hydrogens (tertiary/aromatic N) is 1. The lowest BCUT2D eigenvalue weighted by atomic mass is 9.80. The Morgan fingerprint density at radius 1 is 1.10 bits per heavy atom. The molecule has 2 rings (SSSR count).